The van der Waals surface area contributed by atoms with E-state index in [9.17, 15) is 0 Å². The quantitative estimate of drug-likeness (QED) is 0.310. The van der Waals surface area contributed by atoms with Gasteiger partial charge in [-0.15, -0.1) is 0 Å². The van der Waals surface area contributed by atoms with Crippen LogP contribution in [0.5, 0.6) is 0 Å². The molecule has 0 spiro atoms. The Balaban J connectivity index is 2.30. The largest absolute Gasteiger partial charge is 0.551 e. The second kappa shape index (κ2) is 3.11. The van der Waals surface area contributed by atoms with E-state index in [2.05, 4.69) is 16.6 Å². The van der Waals surface area contributed by atoms with Crippen LogP contribution in [0.25, 0.3) is 0 Å². The van der Waals surface area contributed by atoms with Gasteiger partial charge in [0.05, 0.1) is 0 Å². The average molecular weight is 92.2 g/mol. The van der Waals surface area contributed by atoms with Crippen LogP contribution in [0.3, 0.4) is 0 Å². The first-order chi connectivity index (χ1) is 1.91. The maximum Gasteiger partial charge on any atom is 0.204 e. The summed E-state index contributed by atoms with van der Waals surface area (Å²) in [5, 5.41) is 0. The van der Waals surface area contributed by atoms with Gasteiger partial charge in [0.2, 0.25) is 10.5 Å². The van der Waals surface area contributed by atoms with Gasteiger partial charge in [-0.05, 0) is 12.2 Å². The third-order valence-corrected chi connectivity index (χ3v) is 0.866. The standard InChI is InChI=1S/CH4OSSi/c3-1-2-4/h1H,4H3. The summed E-state index contributed by atoms with van der Waals surface area (Å²) >= 11 is 4.24. The molecule has 0 N–H and O–H groups in total. The Hall–Kier alpha value is 0.107. The van der Waals surface area contributed by atoms with Crippen LogP contribution in [0, 0.1) is 0 Å². The Morgan fingerprint density at radius 2 is 2.25 bits per heavy atom. The lowest BCUT2D eigenvalue weighted by atomic mass is 11.7. The molecule has 0 amide bonds. The van der Waals surface area contributed by atoms with Crippen molar-refractivity contribution in [2.24, 2.45) is 0 Å². The highest BCUT2D eigenvalue weighted by Gasteiger charge is 1.39. The van der Waals surface area contributed by atoms with E-state index in [0.29, 0.717) is 0 Å². The normalized spacial score (nSPS) is 6.00. The molecule has 0 aliphatic heterocycles. The zero-order valence-corrected chi connectivity index (χ0v) is 5.21. The molecule has 4 heavy (non-hydrogen) atoms. The average Bonchev–Trinajstić information content (AvgIpc) is 1.37. The molecule has 0 aromatic carbocycles. The molecule has 0 radical (unpaired) electrons. The molecule has 0 fully saturated rings. The molecule has 0 rings (SSSR count). The predicted octanol–water partition coefficient (Wildman–Crippen LogP) is -0.759. The second-order valence-electron chi connectivity index (χ2n) is 0.332. The van der Waals surface area contributed by atoms with Crippen LogP contribution in [0.1, 0.15) is 0 Å². The summed E-state index contributed by atoms with van der Waals surface area (Å²) in [6.45, 7) is 0. The topological polar surface area (TPSA) is 9.23 Å². The minimum Gasteiger partial charge on any atom is -0.551 e. The smallest absolute Gasteiger partial charge is 0.204 e. The van der Waals surface area contributed by atoms with Crippen LogP contribution in [-0.2, 0) is 4.43 Å². The highest BCUT2D eigenvalue weighted by atomic mass is 32.1. The van der Waals surface area contributed by atoms with E-state index in [1.165, 1.54) is 5.55 Å². The minimum absolute atomic E-state index is 0.730. The molecule has 1 nitrogen and oxygen atoms in total. The zero-order chi connectivity index (χ0) is 3.41. The molecule has 0 bridgehead atoms. The molecule has 0 aromatic rings. The molecule has 0 aliphatic carbocycles. The second-order valence-corrected chi connectivity index (χ2v) is 0.996. The fraction of sp³-hybridized carbons (Fsp3) is 0. The number of rotatable bonds is 1. The van der Waals surface area contributed by atoms with Gasteiger partial charge in [-0.1, -0.05) is 0 Å². The van der Waals surface area contributed by atoms with Gasteiger partial charge in [-0.3, -0.25) is 0 Å². The molecule has 3 heteroatoms. The van der Waals surface area contributed by atoms with Crippen LogP contribution in [0.2, 0.25) is 0 Å². The summed E-state index contributed by atoms with van der Waals surface area (Å²) in [5.41, 5.74) is 1.27. The van der Waals surface area contributed by atoms with E-state index in [4.69, 9.17) is 0 Å². The van der Waals surface area contributed by atoms with Gasteiger partial charge in [0, 0.05) is 0 Å². The summed E-state index contributed by atoms with van der Waals surface area (Å²) in [4.78, 5) is 0. The number of hydrogen-bond acceptors (Lipinski definition) is 2. The van der Waals surface area contributed by atoms with Gasteiger partial charge < -0.3 is 4.43 Å². The fourth-order valence-electron chi connectivity index (χ4n) is 0. The van der Waals surface area contributed by atoms with Crippen LogP contribution in [0.15, 0.2) is 0 Å². The van der Waals surface area contributed by atoms with Gasteiger partial charge in [-0.2, -0.15) is 0 Å². The van der Waals surface area contributed by atoms with Crippen LogP contribution in [0.4, 0.5) is 0 Å². The first-order valence-electron chi connectivity index (χ1n) is 0.880. The monoisotopic (exact) mass is 92.0 g/mol. The lowest BCUT2D eigenvalue weighted by Crippen LogP contribution is -1.68. The van der Waals surface area contributed by atoms with E-state index in [1.54, 1.807) is 0 Å². The molecule has 24 valence electrons. The molecule has 0 saturated carbocycles. The van der Waals surface area contributed by atoms with Gasteiger partial charge in [-0.25, -0.2) is 0 Å². The maximum atomic E-state index is 4.37. The van der Waals surface area contributed by atoms with Crippen molar-refractivity contribution in [1.82, 2.24) is 0 Å². The van der Waals surface area contributed by atoms with Gasteiger partial charge >= 0.3 is 0 Å². The predicted molar refractivity (Wildman–Crippen MR) is 24.7 cm³/mol. The highest BCUT2D eigenvalue weighted by molar-refractivity contribution is 7.78. The molecule has 0 aliphatic rings. The Morgan fingerprint density at radius 3 is 2.25 bits per heavy atom. The molecule has 0 heterocycles. The first kappa shape index (κ1) is 4.11. The third kappa shape index (κ3) is 2.11. The van der Waals surface area contributed by atoms with Crippen LogP contribution >= 0.6 is 12.2 Å². The molecule has 0 unspecified atom stereocenters. The molecule has 0 atom stereocenters. The van der Waals surface area contributed by atoms with Crippen molar-refractivity contribution in [3.8, 4) is 0 Å². The minimum atomic E-state index is 0.730. The molecular weight excluding hydrogens is 88.2 g/mol. The summed E-state index contributed by atoms with van der Waals surface area (Å²) in [6, 6.07) is 0. The SMILES string of the molecule is [SiH3]OC=S. The van der Waals surface area contributed by atoms with Crippen LogP contribution < -0.4 is 0 Å². The van der Waals surface area contributed by atoms with E-state index in [1.807, 2.05) is 0 Å². The molecular formula is CH4OSSi. The number of thiocarbonyl (C=S) groups is 1. The van der Waals surface area contributed by atoms with Crippen molar-refractivity contribution in [2.45, 2.75) is 0 Å². The Labute approximate surface area is 33.5 Å². The Kier molecular flexibility index (Phi) is 3.19. The summed E-state index contributed by atoms with van der Waals surface area (Å²) in [5.74, 6) is 0. The molecule has 0 saturated heterocycles. The van der Waals surface area contributed by atoms with E-state index < -0.39 is 0 Å². The van der Waals surface area contributed by atoms with Gasteiger partial charge in [0.15, 0.2) is 0 Å². The zero-order valence-electron chi connectivity index (χ0n) is 2.39. The van der Waals surface area contributed by atoms with Crippen molar-refractivity contribution in [1.29, 1.82) is 0 Å². The van der Waals surface area contributed by atoms with Crippen LogP contribution in [-0.4, -0.2) is 16.0 Å². The Morgan fingerprint density at radius 1 is 2.00 bits per heavy atom. The van der Waals surface area contributed by atoms with Crippen molar-refractivity contribution in [3.05, 3.63) is 0 Å². The van der Waals surface area contributed by atoms with Gasteiger partial charge in [0.25, 0.3) is 0 Å². The lowest BCUT2D eigenvalue weighted by molar-refractivity contribution is 0.655. The van der Waals surface area contributed by atoms with Crippen molar-refractivity contribution < 1.29 is 4.43 Å². The summed E-state index contributed by atoms with van der Waals surface area (Å²) in [7, 11) is 0.730. The van der Waals surface area contributed by atoms with Crippen molar-refractivity contribution in [3.63, 3.8) is 0 Å². The maximum absolute atomic E-state index is 4.37. The number of hydrogen-bond donors (Lipinski definition) is 0. The fourth-order valence-corrected chi connectivity index (χ4v) is 0. The van der Waals surface area contributed by atoms with Crippen molar-refractivity contribution >= 4 is 28.3 Å². The summed E-state index contributed by atoms with van der Waals surface area (Å²) in [6.07, 6.45) is 0. The van der Waals surface area contributed by atoms with Crippen molar-refractivity contribution in [2.75, 3.05) is 0 Å². The lowest BCUT2D eigenvalue weighted by Gasteiger charge is -1.72. The van der Waals surface area contributed by atoms with Gasteiger partial charge in [0.1, 0.15) is 5.55 Å². The summed E-state index contributed by atoms with van der Waals surface area (Å²) < 4.78 is 4.37. The third-order valence-electron chi connectivity index (χ3n) is 0.0962. The van der Waals surface area contributed by atoms with E-state index >= 15 is 0 Å². The van der Waals surface area contributed by atoms with E-state index in [0.717, 1.165) is 10.5 Å². The highest BCUT2D eigenvalue weighted by Crippen LogP contribution is 1.43. The first-order valence-corrected chi connectivity index (χ1v) is 2.17. The van der Waals surface area contributed by atoms with E-state index in [-0.39, 0.29) is 0 Å². The Bertz CT molecular complexity index is 22.0. The molecule has 0 aromatic heterocycles.